The first-order valence-corrected chi connectivity index (χ1v) is 6.78. The van der Waals surface area contributed by atoms with Gasteiger partial charge in [-0.2, -0.15) is 0 Å². The third-order valence-electron chi connectivity index (χ3n) is 2.85. The van der Waals surface area contributed by atoms with Crippen molar-refractivity contribution < 1.29 is 9.00 Å². The predicted octanol–water partition coefficient (Wildman–Crippen LogP) is 2.99. The van der Waals surface area contributed by atoms with Gasteiger partial charge in [-0.25, -0.2) is 4.21 Å². The Kier molecular flexibility index (Phi) is 3.04. The minimum Gasteiger partial charge on any atom is -0.293 e. The van der Waals surface area contributed by atoms with Gasteiger partial charge in [0.05, 0.1) is 15.7 Å². The van der Waals surface area contributed by atoms with Crippen LogP contribution in [0.2, 0.25) is 0 Å². The second kappa shape index (κ2) is 4.22. The van der Waals surface area contributed by atoms with Gasteiger partial charge >= 0.3 is 0 Å². The predicted molar refractivity (Wildman–Crippen MR) is 69.1 cm³/mol. The zero-order chi connectivity index (χ0) is 12.6. The molecule has 0 heterocycles. The molecule has 0 bridgehead atoms. The summed E-state index contributed by atoms with van der Waals surface area (Å²) in [4.78, 5) is 13.0. The molecule has 0 saturated heterocycles. The Morgan fingerprint density at radius 2 is 1.76 bits per heavy atom. The smallest absolute Gasteiger partial charge is 0.172 e. The maximum atomic E-state index is 12.3. The lowest BCUT2D eigenvalue weighted by molar-refractivity contribution is -0.115. The van der Waals surface area contributed by atoms with E-state index in [-0.39, 0.29) is 11.2 Å². The molecule has 0 unspecified atom stereocenters. The molecule has 3 heteroatoms. The van der Waals surface area contributed by atoms with Crippen molar-refractivity contribution >= 4 is 16.6 Å². The van der Waals surface area contributed by atoms with Gasteiger partial charge in [-0.15, -0.1) is 0 Å². The van der Waals surface area contributed by atoms with E-state index in [1.165, 1.54) is 0 Å². The van der Waals surface area contributed by atoms with Crippen molar-refractivity contribution in [3.05, 3.63) is 40.8 Å². The molecule has 90 valence electrons. The van der Waals surface area contributed by atoms with Crippen molar-refractivity contribution in [2.24, 2.45) is 5.41 Å². The van der Waals surface area contributed by atoms with Gasteiger partial charge in [0.15, 0.2) is 5.78 Å². The van der Waals surface area contributed by atoms with Crippen LogP contribution >= 0.6 is 0 Å². The van der Waals surface area contributed by atoms with Crippen molar-refractivity contribution in [1.82, 2.24) is 0 Å². The van der Waals surface area contributed by atoms with Crippen LogP contribution in [0.4, 0.5) is 0 Å². The topological polar surface area (TPSA) is 34.1 Å². The van der Waals surface area contributed by atoms with E-state index in [2.05, 4.69) is 0 Å². The third kappa shape index (κ3) is 2.55. The van der Waals surface area contributed by atoms with Crippen LogP contribution in [0.3, 0.4) is 0 Å². The third-order valence-corrected chi connectivity index (χ3v) is 4.29. The minimum absolute atomic E-state index is 0.00825. The number of hydrogen-bond donors (Lipinski definition) is 0. The molecule has 1 aliphatic rings. The molecule has 0 saturated carbocycles. The van der Waals surface area contributed by atoms with E-state index in [1.807, 2.05) is 51.1 Å². The highest BCUT2D eigenvalue weighted by molar-refractivity contribution is 7.90. The van der Waals surface area contributed by atoms with Crippen LogP contribution in [0.25, 0.3) is 0 Å². The number of Topliss-reactive ketones (excluding diaryl/α,β-unsaturated/α-hetero) is 1. The molecule has 1 atom stereocenters. The molecule has 2 nitrogen and oxygen atoms in total. The molecule has 1 aromatic rings. The van der Waals surface area contributed by atoms with Crippen LogP contribution < -0.4 is 0 Å². The van der Waals surface area contributed by atoms with Crippen LogP contribution in [-0.4, -0.2) is 9.99 Å². The number of carbonyl (C=O) groups excluding carboxylic acids is 1. The molecular formula is C14H16O2S. The molecular weight excluding hydrogens is 232 g/mol. The van der Waals surface area contributed by atoms with E-state index < -0.39 is 10.8 Å². The summed E-state index contributed by atoms with van der Waals surface area (Å²) in [6.45, 7) is 5.96. The fourth-order valence-electron chi connectivity index (χ4n) is 1.93. The molecule has 0 fully saturated rings. The first-order valence-electron chi connectivity index (χ1n) is 5.63. The summed E-state index contributed by atoms with van der Waals surface area (Å²) in [6.07, 6.45) is 2.31. The number of rotatable bonds is 2. The fraction of sp³-hybridized carbons (Fsp3) is 0.357. The van der Waals surface area contributed by atoms with Crippen molar-refractivity contribution in [3.8, 4) is 0 Å². The van der Waals surface area contributed by atoms with Gasteiger partial charge in [0.1, 0.15) is 0 Å². The molecule has 0 aliphatic heterocycles. The summed E-state index contributed by atoms with van der Waals surface area (Å²) < 4.78 is 12.3. The second-order valence-electron chi connectivity index (χ2n) is 5.18. The number of carbonyl (C=O) groups is 1. The van der Waals surface area contributed by atoms with Gasteiger partial charge in [0.25, 0.3) is 0 Å². The monoisotopic (exact) mass is 248 g/mol. The van der Waals surface area contributed by atoms with Crippen LogP contribution in [0.1, 0.15) is 25.8 Å². The van der Waals surface area contributed by atoms with E-state index in [0.29, 0.717) is 16.2 Å². The number of allylic oxidation sites excluding steroid dienone is 2. The highest BCUT2D eigenvalue weighted by Gasteiger charge is 2.33. The van der Waals surface area contributed by atoms with E-state index in [1.54, 1.807) is 0 Å². The first-order chi connectivity index (χ1) is 7.89. The Hall–Kier alpha value is -1.22. The van der Waals surface area contributed by atoms with Gasteiger partial charge in [-0.05, 0) is 24.5 Å². The second-order valence-corrected chi connectivity index (χ2v) is 6.63. The SMILES string of the molecule is Cc1ccc([S@](=O)C2=CC(C)(C)CC2=O)cc1. The molecule has 1 aromatic carbocycles. The normalized spacial score (nSPS) is 20.2. The lowest BCUT2D eigenvalue weighted by Gasteiger charge is -2.10. The van der Waals surface area contributed by atoms with E-state index in [4.69, 9.17) is 0 Å². The Bertz CT molecular complexity index is 510. The van der Waals surface area contributed by atoms with Crippen LogP contribution in [0.5, 0.6) is 0 Å². The van der Waals surface area contributed by atoms with Crippen LogP contribution in [0.15, 0.2) is 40.1 Å². The van der Waals surface area contributed by atoms with Gasteiger partial charge in [0.2, 0.25) is 0 Å². The summed E-state index contributed by atoms with van der Waals surface area (Å²) in [7, 11) is -1.33. The van der Waals surface area contributed by atoms with Crippen LogP contribution in [0, 0.1) is 12.3 Å². The lowest BCUT2D eigenvalue weighted by Crippen LogP contribution is -2.06. The Morgan fingerprint density at radius 1 is 1.18 bits per heavy atom. The molecule has 1 aliphatic carbocycles. The summed E-state index contributed by atoms with van der Waals surface area (Å²) in [5.41, 5.74) is 0.963. The largest absolute Gasteiger partial charge is 0.293 e. The number of hydrogen-bond acceptors (Lipinski definition) is 2. The lowest BCUT2D eigenvalue weighted by atomic mass is 9.93. The zero-order valence-electron chi connectivity index (χ0n) is 10.3. The Balaban J connectivity index is 2.33. The van der Waals surface area contributed by atoms with Gasteiger partial charge in [0, 0.05) is 11.3 Å². The van der Waals surface area contributed by atoms with Gasteiger partial charge in [-0.3, -0.25) is 4.79 Å². The molecule has 0 spiro atoms. The minimum atomic E-state index is -1.33. The van der Waals surface area contributed by atoms with E-state index in [9.17, 15) is 9.00 Å². The Morgan fingerprint density at radius 3 is 2.24 bits per heavy atom. The molecule has 0 N–H and O–H groups in total. The van der Waals surface area contributed by atoms with E-state index >= 15 is 0 Å². The molecule has 2 rings (SSSR count). The highest BCUT2D eigenvalue weighted by Crippen LogP contribution is 2.35. The summed E-state index contributed by atoms with van der Waals surface area (Å²) in [5, 5.41) is 0. The molecule has 0 radical (unpaired) electrons. The molecule has 0 amide bonds. The Labute approximate surface area is 104 Å². The summed E-state index contributed by atoms with van der Waals surface area (Å²) in [6, 6.07) is 7.48. The van der Waals surface area contributed by atoms with Crippen molar-refractivity contribution in [1.29, 1.82) is 0 Å². The standard InChI is InChI=1S/C14H16O2S/c1-10-4-6-11(7-5-10)17(16)13-9-14(2,3)8-12(13)15/h4-7,9H,8H2,1-3H3/t17-/m0/s1. The average Bonchev–Trinajstić information content (AvgIpc) is 2.52. The van der Waals surface area contributed by atoms with Crippen molar-refractivity contribution in [2.45, 2.75) is 32.1 Å². The van der Waals surface area contributed by atoms with Crippen molar-refractivity contribution in [3.63, 3.8) is 0 Å². The highest BCUT2D eigenvalue weighted by atomic mass is 32.2. The first kappa shape index (κ1) is 12.2. The van der Waals surface area contributed by atoms with Gasteiger partial charge < -0.3 is 0 Å². The van der Waals surface area contributed by atoms with Crippen LogP contribution in [-0.2, 0) is 15.6 Å². The molecule has 0 aromatic heterocycles. The quantitative estimate of drug-likeness (QED) is 0.806. The number of aryl methyl sites for hydroxylation is 1. The van der Waals surface area contributed by atoms with Gasteiger partial charge in [-0.1, -0.05) is 37.6 Å². The molecule has 17 heavy (non-hydrogen) atoms. The maximum Gasteiger partial charge on any atom is 0.172 e. The average molecular weight is 248 g/mol. The van der Waals surface area contributed by atoms with Crippen molar-refractivity contribution in [2.75, 3.05) is 0 Å². The van der Waals surface area contributed by atoms with E-state index in [0.717, 1.165) is 5.56 Å². The fourth-order valence-corrected chi connectivity index (χ4v) is 3.28. The number of benzene rings is 1. The maximum absolute atomic E-state index is 12.3. The summed E-state index contributed by atoms with van der Waals surface area (Å²) in [5.74, 6) is 0.00825. The summed E-state index contributed by atoms with van der Waals surface area (Å²) >= 11 is 0. The zero-order valence-corrected chi connectivity index (χ0v) is 11.1. The number of ketones is 1.